The monoisotopic (exact) mass is 418 g/mol. The number of hydrogen-bond donors (Lipinski definition) is 2. The molecule has 0 radical (unpaired) electrons. The van der Waals surface area contributed by atoms with E-state index in [1.165, 1.54) is 23.9 Å². The number of benzene rings is 3. The Hall–Kier alpha value is -2.42. The maximum atomic E-state index is 12.8. The third-order valence-corrected chi connectivity index (χ3v) is 6.42. The van der Waals surface area contributed by atoms with Crippen molar-refractivity contribution < 1.29 is 17.6 Å². The van der Waals surface area contributed by atoms with Gasteiger partial charge in [-0.3, -0.25) is 4.79 Å². The number of amides is 1. The van der Waals surface area contributed by atoms with Crippen molar-refractivity contribution in [3.05, 3.63) is 72.5 Å². The van der Waals surface area contributed by atoms with Crippen LogP contribution in [0.3, 0.4) is 0 Å². The Morgan fingerprint density at radius 2 is 1.64 bits per heavy atom. The van der Waals surface area contributed by atoms with Crippen LogP contribution in [0.2, 0.25) is 0 Å². The molecule has 0 aliphatic carbocycles. The molecule has 0 saturated heterocycles. The van der Waals surface area contributed by atoms with Gasteiger partial charge in [-0.15, -0.1) is 11.8 Å². The Kier molecular flexibility index (Phi) is 6.66. The first-order valence-corrected chi connectivity index (χ1v) is 11.0. The Balaban J connectivity index is 1.45. The summed E-state index contributed by atoms with van der Waals surface area (Å²) in [5.41, 5.74) is 0. The predicted octanol–water partition coefficient (Wildman–Crippen LogP) is 3.17. The van der Waals surface area contributed by atoms with Crippen LogP contribution >= 0.6 is 11.8 Å². The van der Waals surface area contributed by atoms with Gasteiger partial charge in [0.05, 0.1) is 10.6 Å². The van der Waals surface area contributed by atoms with Gasteiger partial charge in [0.25, 0.3) is 0 Å². The van der Waals surface area contributed by atoms with Gasteiger partial charge in [-0.1, -0.05) is 30.3 Å². The quantitative estimate of drug-likeness (QED) is 0.435. The third kappa shape index (κ3) is 5.54. The van der Waals surface area contributed by atoms with Crippen LogP contribution in [0.1, 0.15) is 0 Å². The number of carbonyl (C=O) groups is 1. The van der Waals surface area contributed by atoms with E-state index >= 15 is 0 Å². The van der Waals surface area contributed by atoms with E-state index < -0.39 is 10.0 Å². The van der Waals surface area contributed by atoms with Gasteiger partial charge in [0.1, 0.15) is 5.82 Å². The fourth-order valence-electron chi connectivity index (χ4n) is 2.54. The highest BCUT2D eigenvalue weighted by Gasteiger charge is 2.14. The van der Waals surface area contributed by atoms with Crippen LogP contribution in [0.25, 0.3) is 10.8 Å². The molecule has 0 spiro atoms. The Bertz CT molecular complexity index is 1070. The largest absolute Gasteiger partial charge is 0.354 e. The lowest BCUT2D eigenvalue weighted by molar-refractivity contribution is -0.118. The molecule has 0 bridgehead atoms. The van der Waals surface area contributed by atoms with E-state index in [4.69, 9.17) is 0 Å². The van der Waals surface area contributed by atoms with Crippen molar-refractivity contribution in [3.8, 4) is 0 Å². The van der Waals surface area contributed by atoms with Gasteiger partial charge >= 0.3 is 0 Å². The lowest BCUT2D eigenvalue weighted by Gasteiger charge is -2.09. The summed E-state index contributed by atoms with van der Waals surface area (Å²) >= 11 is 1.28. The van der Waals surface area contributed by atoms with Crippen molar-refractivity contribution in [3.63, 3.8) is 0 Å². The van der Waals surface area contributed by atoms with Gasteiger partial charge in [0.15, 0.2) is 0 Å². The smallest absolute Gasteiger partial charge is 0.240 e. The predicted molar refractivity (Wildman–Crippen MR) is 109 cm³/mol. The van der Waals surface area contributed by atoms with Crippen molar-refractivity contribution in [1.29, 1.82) is 0 Å². The average Bonchev–Trinajstić information content (AvgIpc) is 2.70. The molecule has 0 fully saturated rings. The van der Waals surface area contributed by atoms with E-state index in [0.717, 1.165) is 15.7 Å². The first-order chi connectivity index (χ1) is 13.4. The molecule has 0 aliphatic rings. The molecule has 3 rings (SSSR count). The molecule has 5 nitrogen and oxygen atoms in total. The minimum absolute atomic E-state index is 0.0854. The molecule has 0 heterocycles. The van der Waals surface area contributed by atoms with Crippen LogP contribution in [0.4, 0.5) is 4.39 Å². The lowest BCUT2D eigenvalue weighted by Crippen LogP contribution is -2.35. The van der Waals surface area contributed by atoms with Crippen LogP contribution < -0.4 is 10.0 Å². The van der Waals surface area contributed by atoms with Gasteiger partial charge in [-0.25, -0.2) is 17.5 Å². The first kappa shape index (κ1) is 20.3. The molecule has 3 aromatic rings. The molecule has 146 valence electrons. The summed E-state index contributed by atoms with van der Waals surface area (Å²) in [7, 11) is -3.65. The van der Waals surface area contributed by atoms with Crippen molar-refractivity contribution in [2.24, 2.45) is 0 Å². The van der Waals surface area contributed by atoms with Gasteiger partial charge in [0.2, 0.25) is 15.9 Å². The number of nitrogens with one attached hydrogen (secondary N) is 2. The maximum Gasteiger partial charge on any atom is 0.240 e. The second kappa shape index (κ2) is 9.18. The number of rotatable bonds is 8. The summed E-state index contributed by atoms with van der Waals surface area (Å²) in [5.74, 6) is -0.380. The first-order valence-electron chi connectivity index (χ1n) is 8.57. The maximum absolute atomic E-state index is 12.8. The zero-order valence-electron chi connectivity index (χ0n) is 14.9. The van der Waals surface area contributed by atoms with Crippen molar-refractivity contribution >= 4 is 38.5 Å². The zero-order valence-corrected chi connectivity index (χ0v) is 16.5. The van der Waals surface area contributed by atoms with Crippen LogP contribution in [0, 0.1) is 5.82 Å². The minimum atomic E-state index is -3.65. The average molecular weight is 419 g/mol. The summed E-state index contributed by atoms with van der Waals surface area (Å²) in [4.78, 5) is 12.8. The number of carbonyl (C=O) groups excluding carboxylic acids is 1. The van der Waals surface area contributed by atoms with Gasteiger partial charge < -0.3 is 5.32 Å². The van der Waals surface area contributed by atoms with Crippen LogP contribution in [-0.4, -0.2) is 33.2 Å². The van der Waals surface area contributed by atoms with Crippen LogP contribution in [0.5, 0.6) is 0 Å². The zero-order chi connectivity index (χ0) is 20.0. The van der Waals surface area contributed by atoms with E-state index in [1.807, 2.05) is 24.3 Å². The van der Waals surface area contributed by atoms with Crippen molar-refractivity contribution in [1.82, 2.24) is 10.0 Å². The van der Waals surface area contributed by atoms with Crippen LogP contribution in [0.15, 0.2) is 76.5 Å². The van der Waals surface area contributed by atoms with E-state index in [-0.39, 0.29) is 35.5 Å². The van der Waals surface area contributed by atoms with E-state index in [2.05, 4.69) is 10.0 Å². The third-order valence-electron chi connectivity index (χ3n) is 3.95. The number of hydrogen-bond acceptors (Lipinski definition) is 4. The molecule has 0 aromatic heterocycles. The summed E-state index contributed by atoms with van der Waals surface area (Å²) in [6.45, 7) is 0.262. The lowest BCUT2D eigenvalue weighted by atomic mass is 10.1. The molecule has 2 N–H and O–H groups in total. The molecule has 0 saturated carbocycles. The number of fused-ring (bicyclic) bond motifs is 1. The molecule has 28 heavy (non-hydrogen) atoms. The number of halogens is 1. The normalized spacial score (nSPS) is 11.5. The van der Waals surface area contributed by atoms with Crippen molar-refractivity contribution in [2.45, 2.75) is 9.79 Å². The molecule has 3 aromatic carbocycles. The standard InChI is InChI=1S/C20H19FN2O3S2/c21-17-6-8-18(9-7-17)27-14-20(24)22-11-12-23-28(25,26)19-10-5-15-3-1-2-4-16(15)13-19/h1-10,13,23H,11-12,14H2,(H,22,24). The summed E-state index contributed by atoms with van der Waals surface area (Å²) in [6.07, 6.45) is 0. The van der Waals surface area contributed by atoms with Gasteiger partial charge in [-0.05, 0) is 47.2 Å². The fraction of sp³-hybridized carbons (Fsp3) is 0.150. The van der Waals surface area contributed by atoms with Gasteiger partial charge in [-0.2, -0.15) is 0 Å². The highest BCUT2D eigenvalue weighted by Crippen LogP contribution is 2.19. The summed E-state index contributed by atoms with van der Waals surface area (Å²) < 4.78 is 40.1. The molecule has 1 amide bonds. The fourth-order valence-corrected chi connectivity index (χ4v) is 4.33. The molecule has 8 heteroatoms. The molecule has 0 aliphatic heterocycles. The molecule has 0 unspecified atom stereocenters. The van der Waals surface area contributed by atoms with E-state index in [9.17, 15) is 17.6 Å². The Labute approximate surface area is 167 Å². The second-order valence-corrected chi connectivity index (χ2v) is 8.81. The topological polar surface area (TPSA) is 75.3 Å². The summed E-state index contributed by atoms with van der Waals surface area (Å²) in [6, 6.07) is 18.3. The molecular weight excluding hydrogens is 399 g/mol. The number of thioether (sulfide) groups is 1. The highest BCUT2D eigenvalue weighted by molar-refractivity contribution is 8.00. The second-order valence-electron chi connectivity index (χ2n) is 6.00. The Morgan fingerprint density at radius 3 is 2.39 bits per heavy atom. The SMILES string of the molecule is O=C(CSc1ccc(F)cc1)NCCNS(=O)(=O)c1ccc2ccccc2c1. The van der Waals surface area contributed by atoms with E-state index in [0.29, 0.717) is 0 Å². The van der Waals surface area contributed by atoms with Crippen LogP contribution in [-0.2, 0) is 14.8 Å². The Morgan fingerprint density at radius 1 is 0.929 bits per heavy atom. The van der Waals surface area contributed by atoms with Gasteiger partial charge in [0, 0.05) is 18.0 Å². The molecule has 0 atom stereocenters. The summed E-state index contributed by atoms with van der Waals surface area (Å²) in [5, 5.41) is 4.47. The van der Waals surface area contributed by atoms with Crippen molar-refractivity contribution in [2.75, 3.05) is 18.8 Å². The van der Waals surface area contributed by atoms with E-state index in [1.54, 1.807) is 30.3 Å². The number of sulfonamides is 1. The minimum Gasteiger partial charge on any atom is -0.354 e. The highest BCUT2D eigenvalue weighted by atomic mass is 32.2. The molecular formula is C20H19FN2O3S2.